The Hall–Kier alpha value is -2.91. The summed E-state index contributed by atoms with van der Waals surface area (Å²) in [5.41, 5.74) is 1.46. The van der Waals surface area contributed by atoms with Crippen molar-refractivity contribution in [2.24, 2.45) is 7.05 Å². The maximum atomic E-state index is 12.4. The number of aliphatic hydroxyl groups is 1. The number of carbonyl (C=O) groups excluding carboxylic acids is 2. The van der Waals surface area contributed by atoms with Crippen molar-refractivity contribution in [3.05, 3.63) is 48.0 Å². The van der Waals surface area contributed by atoms with E-state index in [0.29, 0.717) is 12.2 Å². The van der Waals surface area contributed by atoms with Gasteiger partial charge in [0.15, 0.2) is 0 Å². The number of aliphatic hydroxyl groups excluding tert-OH is 1. The molecule has 156 valence electrons. The Morgan fingerprint density at radius 3 is 2.66 bits per heavy atom. The molecule has 1 fully saturated rings. The van der Waals surface area contributed by atoms with Gasteiger partial charge in [-0.15, -0.1) is 0 Å². The van der Waals surface area contributed by atoms with Crippen LogP contribution in [0.3, 0.4) is 0 Å². The lowest BCUT2D eigenvalue weighted by Gasteiger charge is -2.40. The smallest absolute Gasteiger partial charge is 0.319 e. The highest BCUT2D eigenvalue weighted by atomic mass is 16.5. The van der Waals surface area contributed by atoms with Crippen LogP contribution in [0.15, 0.2) is 36.7 Å². The third-order valence-electron chi connectivity index (χ3n) is 4.79. The number of rotatable bonds is 6. The summed E-state index contributed by atoms with van der Waals surface area (Å²) >= 11 is 0. The van der Waals surface area contributed by atoms with Crippen LogP contribution in [0.25, 0.3) is 0 Å². The van der Waals surface area contributed by atoms with Crippen LogP contribution in [0.4, 0.5) is 10.5 Å². The fraction of sp³-hybridized carbons (Fsp3) is 0.450. The third kappa shape index (κ3) is 4.93. The van der Waals surface area contributed by atoms with Crippen LogP contribution < -0.4 is 10.6 Å². The summed E-state index contributed by atoms with van der Waals surface area (Å²) in [7, 11) is 1.86. The molecular formula is C20H27N5O4. The molecule has 3 N–H and O–H groups in total. The zero-order valence-electron chi connectivity index (χ0n) is 16.8. The Morgan fingerprint density at radius 2 is 2.07 bits per heavy atom. The summed E-state index contributed by atoms with van der Waals surface area (Å²) in [5, 5.41) is 15.5. The molecule has 9 heteroatoms. The minimum Gasteiger partial charge on any atom is -0.394 e. The number of aryl methyl sites for hydroxylation is 1. The average Bonchev–Trinajstić information content (AvgIpc) is 3.08. The van der Waals surface area contributed by atoms with E-state index in [-0.39, 0.29) is 31.2 Å². The largest absolute Gasteiger partial charge is 0.394 e. The molecule has 2 aromatic rings. The average molecular weight is 401 g/mol. The first-order valence-corrected chi connectivity index (χ1v) is 9.54. The first kappa shape index (κ1) is 20.8. The summed E-state index contributed by atoms with van der Waals surface area (Å²) in [4.78, 5) is 30.2. The molecular weight excluding hydrogens is 374 g/mol. The Balaban J connectivity index is 1.74. The monoisotopic (exact) mass is 401 g/mol. The van der Waals surface area contributed by atoms with E-state index >= 15 is 0 Å². The van der Waals surface area contributed by atoms with Crippen molar-refractivity contribution in [3.63, 3.8) is 0 Å². The molecule has 3 rings (SSSR count). The molecule has 0 bridgehead atoms. The molecule has 0 spiro atoms. The molecule has 1 aromatic heterocycles. The number of morpholine rings is 1. The van der Waals surface area contributed by atoms with Crippen LogP contribution in [0.5, 0.6) is 0 Å². The number of amides is 3. The molecule has 1 aromatic carbocycles. The Bertz CT molecular complexity index is 849. The predicted octanol–water partition coefficient (Wildman–Crippen LogP) is 1.41. The van der Waals surface area contributed by atoms with Gasteiger partial charge in [-0.3, -0.25) is 4.79 Å². The zero-order chi connectivity index (χ0) is 21.0. The zero-order valence-corrected chi connectivity index (χ0v) is 16.8. The van der Waals surface area contributed by atoms with Gasteiger partial charge >= 0.3 is 6.03 Å². The Labute approximate surface area is 169 Å². The molecule has 9 nitrogen and oxygen atoms in total. The van der Waals surface area contributed by atoms with Crippen molar-refractivity contribution >= 4 is 17.6 Å². The molecule has 2 heterocycles. The standard InChI is InChI=1S/C20H27N5O4/c1-13(2)22-20(28)23-15-6-4-14(5-7-15)19-16(11-26)25(18(27)12-29-19)10-17-21-8-9-24(17)3/h4-9,13,16,19,26H,10-12H2,1-3H3,(H2,22,23,28). The van der Waals surface area contributed by atoms with Gasteiger partial charge < -0.3 is 29.9 Å². The summed E-state index contributed by atoms with van der Waals surface area (Å²) < 4.78 is 7.60. The number of hydrogen-bond acceptors (Lipinski definition) is 5. The number of urea groups is 1. The van der Waals surface area contributed by atoms with Crippen LogP contribution >= 0.6 is 0 Å². The van der Waals surface area contributed by atoms with Crippen molar-refractivity contribution in [1.82, 2.24) is 19.8 Å². The molecule has 1 aliphatic heterocycles. The molecule has 1 aliphatic rings. The van der Waals surface area contributed by atoms with Crippen molar-refractivity contribution < 1.29 is 19.4 Å². The number of hydrogen-bond donors (Lipinski definition) is 3. The van der Waals surface area contributed by atoms with Gasteiger partial charge in [-0.25, -0.2) is 9.78 Å². The summed E-state index contributed by atoms with van der Waals surface area (Å²) in [6.07, 6.45) is 3.01. The van der Waals surface area contributed by atoms with E-state index in [1.807, 2.05) is 43.8 Å². The number of nitrogens with one attached hydrogen (secondary N) is 2. The van der Waals surface area contributed by atoms with E-state index in [4.69, 9.17) is 4.74 Å². The molecule has 0 radical (unpaired) electrons. The van der Waals surface area contributed by atoms with Crippen molar-refractivity contribution in [2.75, 3.05) is 18.5 Å². The number of imidazole rings is 1. The molecule has 2 unspecified atom stereocenters. The summed E-state index contributed by atoms with van der Waals surface area (Å²) in [6.45, 7) is 3.76. The summed E-state index contributed by atoms with van der Waals surface area (Å²) in [6, 6.07) is 6.43. The van der Waals surface area contributed by atoms with E-state index in [1.54, 1.807) is 23.2 Å². The first-order valence-electron chi connectivity index (χ1n) is 9.54. The molecule has 1 saturated heterocycles. The number of aromatic nitrogens is 2. The van der Waals surface area contributed by atoms with Crippen molar-refractivity contribution in [3.8, 4) is 0 Å². The number of ether oxygens (including phenoxy) is 1. The van der Waals surface area contributed by atoms with Crippen molar-refractivity contribution in [2.45, 2.75) is 38.6 Å². The van der Waals surface area contributed by atoms with Gasteiger partial charge in [0, 0.05) is 31.2 Å². The second-order valence-corrected chi connectivity index (χ2v) is 7.33. The second kappa shape index (κ2) is 9.06. The van der Waals surface area contributed by atoms with Crippen LogP contribution in [0.2, 0.25) is 0 Å². The maximum absolute atomic E-state index is 12.4. The van der Waals surface area contributed by atoms with Crippen LogP contribution in [-0.4, -0.2) is 56.8 Å². The third-order valence-corrected chi connectivity index (χ3v) is 4.79. The van der Waals surface area contributed by atoms with Gasteiger partial charge in [0.05, 0.1) is 19.2 Å². The molecule has 0 saturated carbocycles. The van der Waals surface area contributed by atoms with Gasteiger partial charge in [-0.2, -0.15) is 0 Å². The highest BCUT2D eigenvalue weighted by Gasteiger charge is 2.37. The normalized spacial score (nSPS) is 19.5. The Morgan fingerprint density at radius 1 is 1.34 bits per heavy atom. The van der Waals surface area contributed by atoms with Crippen LogP contribution in [0.1, 0.15) is 31.3 Å². The first-order chi connectivity index (χ1) is 13.9. The number of benzene rings is 1. The fourth-order valence-corrected chi connectivity index (χ4v) is 3.31. The molecule has 0 aliphatic carbocycles. The highest BCUT2D eigenvalue weighted by Crippen LogP contribution is 2.30. The second-order valence-electron chi connectivity index (χ2n) is 7.33. The number of anilines is 1. The predicted molar refractivity (Wildman–Crippen MR) is 107 cm³/mol. The minimum atomic E-state index is -0.531. The maximum Gasteiger partial charge on any atom is 0.319 e. The lowest BCUT2D eigenvalue weighted by atomic mass is 9.99. The van der Waals surface area contributed by atoms with Gasteiger partial charge in [0.1, 0.15) is 18.5 Å². The van der Waals surface area contributed by atoms with Gasteiger partial charge in [-0.1, -0.05) is 12.1 Å². The van der Waals surface area contributed by atoms with E-state index < -0.39 is 12.1 Å². The number of nitrogens with zero attached hydrogens (tertiary/aromatic N) is 3. The van der Waals surface area contributed by atoms with Gasteiger partial charge in [0.2, 0.25) is 5.91 Å². The quantitative estimate of drug-likeness (QED) is 0.678. The minimum absolute atomic E-state index is 0.0393. The molecule has 29 heavy (non-hydrogen) atoms. The lowest BCUT2D eigenvalue weighted by molar-refractivity contribution is -0.162. The van der Waals surface area contributed by atoms with Crippen molar-refractivity contribution in [1.29, 1.82) is 0 Å². The Kier molecular flexibility index (Phi) is 6.50. The highest BCUT2D eigenvalue weighted by molar-refractivity contribution is 5.89. The fourth-order valence-electron chi connectivity index (χ4n) is 3.31. The van der Waals surface area contributed by atoms with Gasteiger partial charge in [-0.05, 0) is 31.5 Å². The topological polar surface area (TPSA) is 109 Å². The van der Waals surface area contributed by atoms with Gasteiger partial charge in [0.25, 0.3) is 0 Å². The van der Waals surface area contributed by atoms with E-state index in [0.717, 1.165) is 11.4 Å². The SMILES string of the molecule is CC(C)NC(=O)Nc1ccc(C2OCC(=O)N(Cc3nccn3C)C2CO)cc1. The van der Waals surface area contributed by atoms with E-state index in [9.17, 15) is 14.7 Å². The summed E-state index contributed by atoms with van der Waals surface area (Å²) in [5.74, 6) is 0.542. The lowest BCUT2D eigenvalue weighted by Crippen LogP contribution is -2.52. The molecule has 3 amide bonds. The van der Waals surface area contributed by atoms with Crippen LogP contribution in [-0.2, 0) is 23.1 Å². The van der Waals surface area contributed by atoms with E-state index in [2.05, 4.69) is 15.6 Å². The number of carbonyl (C=O) groups is 2. The molecule has 2 atom stereocenters. The van der Waals surface area contributed by atoms with E-state index in [1.165, 1.54) is 0 Å². The van der Waals surface area contributed by atoms with Crippen LogP contribution in [0, 0.1) is 0 Å².